The molecule has 0 saturated carbocycles. The molecule has 2 aliphatic rings. The average Bonchev–Trinajstić information content (AvgIpc) is 2.66. The van der Waals surface area contributed by atoms with E-state index in [9.17, 15) is 9.59 Å². The lowest BCUT2D eigenvalue weighted by Gasteiger charge is -2.22. The predicted molar refractivity (Wildman–Crippen MR) is 89.8 cm³/mol. The number of ether oxygens (including phenoxy) is 3. The van der Waals surface area contributed by atoms with Gasteiger partial charge in [-0.25, -0.2) is 4.79 Å². The van der Waals surface area contributed by atoms with Crippen LogP contribution in [-0.2, 0) is 23.8 Å². The van der Waals surface area contributed by atoms with E-state index in [4.69, 9.17) is 19.5 Å². The number of carbonyl (C=O) groups is 2. The monoisotopic (exact) mass is 343 g/mol. The van der Waals surface area contributed by atoms with Gasteiger partial charge in [-0.2, -0.15) is 5.26 Å². The molecule has 0 amide bonds. The first-order valence-corrected chi connectivity index (χ1v) is 8.21. The number of esters is 2. The summed E-state index contributed by atoms with van der Waals surface area (Å²) < 4.78 is 15.8. The predicted octanol–water partition coefficient (Wildman–Crippen LogP) is 2.59. The Balaban J connectivity index is 1.71. The second kappa shape index (κ2) is 9.60. The van der Waals surface area contributed by atoms with Crippen LogP contribution in [0, 0.1) is 23.2 Å². The Kier molecular flexibility index (Phi) is 7.17. The quantitative estimate of drug-likeness (QED) is 0.306. The molecule has 2 rings (SSSR count). The molecule has 3 unspecified atom stereocenters. The van der Waals surface area contributed by atoms with Crippen LogP contribution < -0.4 is 0 Å². The summed E-state index contributed by atoms with van der Waals surface area (Å²) in [5.41, 5.74) is 0. The maximum atomic E-state index is 12.2. The summed E-state index contributed by atoms with van der Waals surface area (Å²) in [5, 5.41) is 8.82. The van der Waals surface area contributed by atoms with E-state index in [0.29, 0.717) is 31.6 Å². The van der Waals surface area contributed by atoms with Gasteiger partial charge in [0.1, 0.15) is 12.4 Å². The molecule has 0 heterocycles. The lowest BCUT2D eigenvalue weighted by Crippen LogP contribution is -2.24. The van der Waals surface area contributed by atoms with Crippen molar-refractivity contribution in [2.45, 2.75) is 25.4 Å². The summed E-state index contributed by atoms with van der Waals surface area (Å²) in [4.78, 5) is 23.1. The van der Waals surface area contributed by atoms with Crippen molar-refractivity contribution in [3.05, 3.63) is 48.8 Å². The highest BCUT2D eigenvalue weighted by atomic mass is 16.6. The summed E-state index contributed by atoms with van der Waals surface area (Å²) in [5.74, 6) is -0.742. The Morgan fingerprint density at radius 2 is 2.12 bits per heavy atom. The highest BCUT2D eigenvalue weighted by Gasteiger charge is 2.24. The first-order chi connectivity index (χ1) is 12.1. The van der Waals surface area contributed by atoms with Gasteiger partial charge < -0.3 is 14.2 Å². The van der Waals surface area contributed by atoms with E-state index in [-0.39, 0.29) is 30.5 Å². The molecule has 0 radical (unpaired) electrons. The smallest absolute Gasteiger partial charge is 0.330 e. The van der Waals surface area contributed by atoms with Crippen molar-refractivity contribution in [1.29, 1.82) is 5.26 Å². The van der Waals surface area contributed by atoms with E-state index >= 15 is 0 Å². The number of nitriles is 1. The molecule has 0 spiro atoms. The Morgan fingerprint density at radius 1 is 1.28 bits per heavy atom. The van der Waals surface area contributed by atoms with Gasteiger partial charge in [0.2, 0.25) is 0 Å². The minimum atomic E-state index is -0.474. The number of hydrogen-bond acceptors (Lipinski definition) is 6. The standard InChI is InChI=1S/C19H21NO5/c1-2-18(21)24-12-11-23-16-9-5-15(6-10-16)19(22)25-17-7-3-14(13-20)4-8-17/h2-3,5,7-9,14-16H,1,4,6,10-12H2. The van der Waals surface area contributed by atoms with E-state index in [1.54, 1.807) is 24.3 Å². The van der Waals surface area contributed by atoms with Crippen LogP contribution in [0.25, 0.3) is 0 Å². The van der Waals surface area contributed by atoms with Crippen LogP contribution in [0.5, 0.6) is 0 Å². The summed E-state index contributed by atoms with van der Waals surface area (Å²) in [6.45, 7) is 3.78. The second-order valence-electron chi connectivity index (χ2n) is 5.71. The zero-order valence-corrected chi connectivity index (χ0v) is 13.9. The molecular formula is C19H21NO5. The molecule has 0 aliphatic heterocycles. The van der Waals surface area contributed by atoms with Crippen LogP contribution >= 0.6 is 0 Å². The third-order valence-electron chi connectivity index (χ3n) is 3.90. The van der Waals surface area contributed by atoms with Crippen molar-refractivity contribution in [3.63, 3.8) is 0 Å². The van der Waals surface area contributed by atoms with Crippen molar-refractivity contribution in [2.75, 3.05) is 13.2 Å². The fraction of sp³-hybridized carbons (Fsp3) is 0.421. The van der Waals surface area contributed by atoms with Gasteiger partial charge in [0.25, 0.3) is 0 Å². The van der Waals surface area contributed by atoms with Gasteiger partial charge in [0, 0.05) is 6.08 Å². The number of rotatable bonds is 7. The minimum absolute atomic E-state index is 0.100. The molecule has 0 saturated heterocycles. The average molecular weight is 343 g/mol. The Labute approximate surface area is 147 Å². The van der Waals surface area contributed by atoms with Crippen LogP contribution in [0.2, 0.25) is 0 Å². The summed E-state index contributed by atoms with van der Waals surface area (Å²) in [6, 6.07) is 2.15. The molecule has 0 aromatic carbocycles. The molecule has 0 aromatic heterocycles. The normalized spacial score (nSPS) is 24.8. The molecule has 0 N–H and O–H groups in total. The number of nitrogens with zero attached hydrogens (tertiary/aromatic N) is 1. The SMILES string of the molecule is C=CC(=O)OCCOC1C=CC(C(=O)OC2=CCC(C#N)C=C2)CC1. The molecule has 0 fully saturated rings. The first kappa shape index (κ1) is 18.7. The fourth-order valence-electron chi connectivity index (χ4n) is 2.49. The number of hydrogen-bond donors (Lipinski definition) is 0. The molecule has 0 bridgehead atoms. The molecule has 6 nitrogen and oxygen atoms in total. The molecule has 0 aromatic rings. The van der Waals surface area contributed by atoms with Gasteiger partial charge in [-0.15, -0.1) is 0 Å². The molecular weight excluding hydrogens is 322 g/mol. The largest absolute Gasteiger partial charge is 0.460 e. The van der Waals surface area contributed by atoms with Gasteiger partial charge in [-0.3, -0.25) is 4.79 Å². The van der Waals surface area contributed by atoms with Gasteiger partial charge in [-0.1, -0.05) is 24.8 Å². The highest BCUT2D eigenvalue weighted by molar-refractivity contribution is 5.81. The number of carbonyl (C=O) groups excluding carboxylic acids is 2. The zero-order valence-electron chi connectivity index (χ0n) is 13.9. The van der Waals surface area contributed by atoms with Crippen molar-refractivity contribution >= 4 is 11.9 Å². The van der Waals surface area contributed by atoms with Crippen molar-refractivity contribution < 1.29 is 23.8 Å². The maximum absolute atomic E-state index is 12.2. The highest BCUT2D eigenvalue weighted by Crippen LogP contribution is 2.23. The van der Waals surface area contributed by atoms with Crippen LogP contribution in [0.3, 0.4) is 0 Å². The molecule has 3 atom stereocenters. The van der Waals surface area contributed by atoms with Crippen LogP contribution in [0.1, 0.15) is 19.3 Å². The second-order valence-corrected chi connectivity index (χ2v) is 5.71. The zero-order chi connectivity index (χ0) is 18.1. The van der Waals surface area contributed by atoms with Crippen LogP contribution in [0.4, 0.5) is 0 Å². The van der Waals surface area contributed by atoms with E-state index in [1.165, 1.54) is 0 Å². The van der Waals surface area contributed by atoms with Crippen LogP contribution in [0.15, 0.2) is 48.8 Å². The van der Waals surface area contributed by atoms with Gasteiger partial charge in [0.05, 0.1) is 30.6 Å². The van der Waals surface area contributed by atoms with E-state index in [0.717, 1.165) is 6.08 Å². The fourth-order valence-corrected chi connectivity index (χ4v) is 2.49. The lowest BCUT2D eigenvalue weighted by molar-refractivity contribution is -0.143. The van der Waals surface area contributed by atoms with E-state index in [1.807, 2.05) is 6.08 Å². The third kappa shape index (κ3) is 6.05. The van der Waals surface area contributed by atoms with Crippen molar-refractivity contribution in [3.8, 4) is 6.07 Å². The van der Waals surface area contributed by atoms with Crippen molar-refractivity contribution in [2.24, 2.45) is 11.8 Å². The van der Waals surface area contributed by atoms with Gasteiger partial charge in [-0.05, 0) is 31.4 Å². The Morgan fingerprint density at radius 3 is 2.72 bits per heavy atom. The molecule has 132 valence electrons. The van der Waals surface area contributed by atoms with Gasteiger partial charge >= 0.3 is 11.9 Å². The summed E-state index contributed by atoms with van der Waals surface area (Å²) in [6.07, 6.45) is 11.7. The summed E-state index contributed by atoms with van der Waals surface area (Å²) in [7, 11) is 0. The molecule has 25 heavy (non-hydrogen) atoms. The topological polar surface area (TPSA) is 85.6 Å². The molecule has 2 aliphatic carbocycles. The van der Waals surface area contributed by atoms with E-state index in [2.05, 4.69) is 12.6 Å². The molecule has 6 heteroatoms. The van der Waals surface area contributed by atoms with Crippen LogP contribution in [-0.4, -0.2) is 31.3 Å². The van der Waals surface area contributed by atoms with Gasteiger partial charge in [0.15, 0.2) is 0 Å². The minimum Gasteiger partial charge on any atom is -0.460 e. The first-order valence-electron chi connectivity index (χ1n) is 8.21. The van der Waals surface area contributed by atoms with E-state index < -0.39 is 5.97 Å². The number of allylic oxidation sites excluding steroid dienone is 3. The maximum Gasteiger partial charge on any atom is 0.330 e. The Bertz CT molecular complexity index is 641. The van der Waals surface area contributed by atoms with Crippen molar-refractivity contribution in [1.82, 2.24) is 0 Å². The summed E-state index contributed by atoms with van der Waals surface area (Å²) >= 11 is 0. The lowest BCUT2D eigenvalue weighted by atomic mass is 9.94. The Hall–Kier alpha value is -2.65. The third-order valence-corrected chi connectivity index (χ3v) is 3.90.